The average molecular weight is 242 g/mol. The van der Waals surface area contributed by atoms with Crippen molar-refractivity contribution >= 4 is 11.8 Å². The van der Waals surface area contributed by atoms with Crippen molar-refractivity contribution < 1.29 is 9.59 Å². The van der Waals surface area contributed by atoms with E-state index in [9.17, 15) is 9.59 Å². The number of carbonyl (C=O) groups is 2. The topological polar surface area (TPSA) is 69.9 Å². The van der Waals surface area contributed by atoms with Crippen LogP contribution in [-0.2, 0) is 9.59 Å². The number of rotatable bonds is 4. The third-order valence-corrected chi connectivity index (χ3v) is 2.99. The molecule has 0 radical (unpaired) electrons. The van der Waals surface area contributed by atoms with Gasteiger partial charge in [0.25, 0.3) is 0 Å². The third kappa shape index (κ3) is 4.32. The molecule has 1 aliphatic rings. The molecule has 0 bridgehead atoms. The van der Waals surface area contributed by atoms with Gasteiger partial charge in [-0.3, -0.25) is 14.5 Å². The molecule has 98 valence electrons. The number of hydrogen-bond acceptors (Lipinski definition) is 4. The fourth-order valence-electron chi connectivity index (χ4n) is 1.90. The first kappa shape index (κ1) is 13.9. The quantitative estimate of drug-likeness (QED) is 0.656. The number of nitrogens with two attached hydrogens (primary N) is 1. The van der Waals surface area contributed by atoms with Crippen molar-refractivity contribution in [2.75, 3.05) is 52.9 Å². The lowest BCUT2D eigenvalue weighted by Crippen LogP contribution is -2.52. The summed E-state index contributed by atoms with van der Waals surface area (Å²) >= 11 is 0. The van der Waals surface area contributed by atoms with Crippen LogP contribution in [0.5, 0.6) is 0 Å². The lowest BCUT2D eigenvalue weighted by atomic mass is 10.3. The van der Waals surface area contributed by atoms with Gasteiger partial charge < -0.3 is 15.5 Å². The number of carbonyl (C=O) groups excluding carboxylic acids is 2. The summed E-state index contributed by atoms with van der Waals surface area (Å²) in [6.45, 7) is 5.79. The van der Waals surface area contributed by atoms with Crippen molar-refractivity contribution in [2.45, 2.75) is 6.92 Å². The zero-order valence-electron chi connectivity index (χ0n) is 10.7. The molecule has 1 rings (SSSR count). The lowest BCUT2D eigenvalue weighted by Gasteiger charge is -2.35. The molecule has 1 aliphatic heterocycles. The van der Waals surface area contributed by atoms with E-state index < -0.39 is 0 Å². The summed E-state index contributed by atoms with van der Waals surface area (Å²) in [6, 6.07) is 0. The third-order valence-electron chi connectivity index (χ3n) is 2.99. The summed E-state index contributed by atoms with van der Waals surface area (Å²) in [5.74, 6) is 0.196. The molecule has 0 atom stereocenters. The maximum Gasteiger partial charge on any atom is 0.236 e. The standard InChI is InChI=1S/C11H22N4O2/c1-10(16)14-5-7-15(8-6-14)11(17)9-13(2)4-3-12/h3-9,12H2,1-2H3. The minimum absolute atomic E-state index is 0.0809. The number of nitrogens with zero attached hydrogens (tertiary/aromatic N) is 3. The molecule has 0 unspecified atom stereocenters. The van der Waals surface area contributed by atoms with Gasteiger partial charge in [-0.05, 0) is 7.05 Å². The first-order valence-electron chi connectivity index (χ1n) is 5.96. The minimum Gasteiger partial charge on any atom is -0.339 e. The van der Waals surface area contributed by atoms with E-state index in [-0.39, 0.29) is 11.8 Å². The molecule has 0 saturated carbocycles. The molecule has 1 fully saturated rings. The number of likely N-dealkylation sites (N-methyl/N-ethyl adjacent to an activating group) is 1. The molecule has 2 amide bonds. The Hall–Kier alpha value is -1.14. The van der Waals surface area contributed by atoms with Gasteiger partial charge in [-0.1, -0.05) is 0 Å². The van der Waals surface area contributed by atoms with Gasteiger partial charge >= 0.3 is 0 Å². The minimum atomic E-state index is 0.0809. The highest BCUT2D eigenvalue weighted by Gasteiger charge is 2.22. The van der Waals surface area contributed by atoms with E-state index in [0.717, 1.165) is 6.54 Å². The smallest absolute Gasteiger partial charge is 0.236 e. The largest absolute Gasteiger partial charge is 0.339 e. The second kappa shape index (κ2) is 6.56. The molecule has 1 saturated heterocycles. The van der Waals surface area contributed by atoms with Crippen molar-refractivity contribution in [2.24, 2.45) is 5.73 Å². The molecule has 0 aromatic rings. The van der Waals surface area contributed by atoms with E-state index in [1.165, 1.54) is 0 Å². The Morgan fingerprint density at radius 2 is 1.71 bits per heavy atom. The highest BCUT2D eigenvalue weighted by Crippen LogP contribution is 2.02. The van der Waals surface area contributed by atoms with Crippen LogP contribution in [0.4, 0.5) is 0 Å². The van der Waals surface area contributed by atoms with Crippen LogP contribution in [0.1, 0.15) is 6.92 Å². The predicted molar refractivity (Wildman–Crippen MR) is 65.4 cm³/mol. The molecule has 0 aliphatic carbocycles. The first-order chi connectivity index (χ1) is 8.04. The van der Waals surface area contributed by atoms with E-state index in [0.29, 0.717) is 39.3 Å². The van der Waals surface area contributed by atoms with Crippen LogP contribution in [0.15, 0.2) is 0 Å². The Morgan fingerprint density at radius 1 is 1.18 bits per heavy atom. The van der Waals surface area contributed by atoms with Crippen molar-refractivity contribution in [3.8, 4) is 0 Å². The van der Waals surface area contributed by atoms with Gasteiger partial charge in [0.15, 0.2) is 0 Å². The Morgan fingerprint density at radius 3 is 2.18 bits per heavy atom. The van der Waals surface area contributed by atoms with Gasteiger partial charge in [0, 0.05) is 46.2 Å². The molecule has 6 heteroatoms. The number of piperazine rings is 1. The number of amides is 2. The summed E-state index contributed by atoms with van der Waals surface area (Å²) < 4.78 is 0. The van der Waals surface area contributed by atoms with Gasteiger partial charge in [-0.2, -0.15) is 0 Å². The predicted octanol–water partition coefficient (Wildman–Crippen LogP) is -1.43. The highest BCUT2D eigenvalue weighted by atomic mass is 16.2. The maximum absolute atomic E-state index is 11.9. The average Bonchev–Trinajstić information content (AvgIpc) is 2.29. The van der Waals surface area contributed by atoms with E-state index in [1.807, 2.05) is 16.8 Å². The molecule has 2 N–H and O–H groups in total. The monoisotopic (exact) mass is 242 g/mol. The zero-order valence-corrected chi connectivity index (χ0v) is 10.7. The Bertz CT molecular complexity index is 275. The highest BCUT2D eigenvalue weighted by molar-refractivity contribution is 5.79. The van der Waals surface area contributed by atoms with Crippen LogP contribution in [0.3, 0.4) is 0 Å². The fraction of sp³-hybridized carbons (Fsp3) is 0.818. The summed E-state index contributed by atoms with van der Waals surface area (Å²) in [5, 5.41) is 0. The summed E-state index contributed by atoms with van der Waals surface area (Å²) in [5.41, 5.74) is 5.42. The van der Waals surface area contributed by atoms with E-state index in [1.54, 1.807) is 11.8 Å². The van der Waals surface area contributed by atoms with E-state index >= 15 is 0 Å². The Kier molecular flexibility index (Phi) is 5.37. The van der Waals surface area contributed by atoms with Gasteiger partial charge in [0.1, 0.15) is 0 Å². The SMILES string of the molecule is CC(=O)N1CCN(C(=O)CN(C)CCN)CC1. The van der Waals surface area contributed by atoms with Gasteiger partial charge in [-0.15, -0.1) is 0 Å². The summed E-state index contributed by atoms with van der Waals surface area (Å²) in [4.78, 5) is 28.5. The maximum atomic E-state index is 11.9. The first-order valence-corrected chi connectivity index (χ1v) is 5.96. The molecule has 0 aromatic heterocycles. The van der Waals surface area contributed by atoms with Crippen molar-refractivity contribution in [3.63, 3.8) is 0 Å². The lowest BCUT2D eigenvalue weighted by molar-refractivity contribution is -0.138. The van der Waals surface area contributed by atoms with Crippen molar-refractivity contribution in [1.29, 1.82) is 0 Å². The van der Waals surface area contributed by atoms with Gasteiger partial charge in [0.2, 0.25) is 11.8 Å². The van der Waals surface area contributed by atoms with E-state index in [4.69, 9.17) is 5.73 Å². The fourth-order valence-corrected chi connectivity index (χ4v) is 1.90. The van der Waals surface area contributed by atoms with Crippen molar-refractivity contribution in [1.82, 2.24) is 14.7 Å². The zero-order chi connectivity index (χ0) is 12.8. The van der Waals surface area contributed by atoms with Crippen LogP contribution in [0.2, 0.25) is 0 Å². The molecule has 0 aromatic carbocycles. The second-order valence-corrected chi connectivity index (χ2v) is 4.41. The van der Waals surface area contributed by atoms with Crippen LogP contribution in [0, 0.1) is 0 Å². The molecular formula is C11H22N4O2. The Labute approximate surface area is 102 Å². The van der Waals surface area contributed by atoms with Crippen LogP contribution >= 0.6 is 0 Å². The molecule has 6 nitrogen and oxygen atoms in total. The van der Waals surface area contributed by atoms with Crippen LogP contribution in [-0.4, -0.2) is 79.4 Å². The molecule has 1 heterocycles. The van der Waals surface area contributed by atoms with Gasteiger partial charge in [-0.25, -0.2) is 0 Å². The molecular weight excluding hydrogens is 220 g/mol. The summed E-state index contributed by atoms with van der Waals surface area (Å²) in [6.07, 6.45) is 0. The summed E-state index contributed by atoms with van der Waals surface area (Å²) in [7, 11) is 1.89. The van der Waals surface area contributed by atoms with Crippen molar-refractivity contribution in [3.05, 3.63) is 0 Å². The van der Waals surface area contributed by atoms with E-state index in [2.05, 4.69) is 0 Å². The normalized spacial score (nSPS) is 16.5. The number of hydrogen-bond donors (Lipinski definition) is 1. The van der Waals surface area contributed by atoms with Crippen LogP contribution in [0.25, 0.3) is 0 Å². The van der Waals surface area contributed by atoms with Crippen LogP contribution < -0.4 is 5.73 Å². The molecule has 0 spiro atoms. The molecule has 17 heavy (non-hydrogen) atoms. The van der Waals surface area contributed by atoms with Gasteiger partial charge in [0.05, 0.1) is 6.54 Å². The Balaban J connectivity index is 2.33. The second-order valence-electron chi connectivity index (χ2n) is 4.41.